The second-order valence-corrected chi connectivity index (χ2v) is 4.07. The molecule has 0 fully saturated rings. The first-order valence-electron chi connectivity index (χ1n) is 6.17. The first-order valence-corrected chi connectivity index (χ1v) is 6.17. The van der Waals surface area contributed by atoms with Gasteiger partial charge in [0.1, 0.15) is 5.75 Å². The van der Waals surface area contributed by atoms with Gasteiger partial charge >= 0.3 is 0 Å². The Balaban J connectivity index is 2.59. The zero-order valence-electron chi connectivity index (χ0n) is 10.8. The van der Waals surface area contributed by atoms with Gasteiger partial charge in [-0.25, -0.2) is 0 Å². The number of para-hydroxylation sites is 1. The summed E-state index contributed by atoms with van der Waals surface area (Å²) in [4.78, 5) is 11.7. The summed E-state index contributed by atoms with van der Waals surface area (Å²) in [6.45, 7) is 7.06. The number of amides is 1. The molecule has 0 saturated carbocycles. The highest BCUT2D eigenvalue weighted by Gasteiger charge is 2.10. The van der Waals surface area contributed by atoms with Gasteiger partial charge in [-0.1, -0.05) is 32.0 Å². The number of carbonyl (C=O) groups excluding carboxylic acids is 1. The summed E-state index contributed by atoms with van der Waals surface area (Å²) in [5.41, 5.74) is 1.02. The van der Waals surface area contributed by atoms with Gasteiger partial charge in [0.15, 0.2) is 0 Å². The predicted octanol–water partition coefficient (Wildman–Crippen LogP) is 2.75. The van der Waals surface area contributed by atoms with Crippen molar-refractivity contribution in [1.82, 2.24) is 5.32 Å². The first-order chi connectivity index (χ1) is 8.19. The van der Waals surface area contributed by atoms with E-state index in [0.29, 0.717) is 13.2 Å². The van der Waals surface area contributed by atoms with E-state index >= 15 is 0 Å². The lowest BCUT2D eigenvalue weighted by molar-refractivity contribution is -0.124. The van der Waals surface area contributed by atoms with Crippen LogP contribution in [0.4, 0.5) is 0 Å². The fourth-order valence-electron chi connectivity index (χ4n) is 1.49. The smallest absolute Gasteiger partial charge is 0.223 e. The maximum atomic E-state index is 11.7. The normalized spacial score (nSPS) is 11.9. The van der Waals surface area contributed by atoms with Crippen LogP contribution in [0.2, 0.25) is 0 Å². The van der Waals surface area contributed by atoms with Crippen molar-refractivity contribution in [2.45, 2.75) is 33.7 Å². The zero-order valence-corrected chi connectivity index (χ0v) is 10.8. The van der Waals surface area contributed by atoms with E-state index in [9.17, 15) is 4.79 Å². The molecule has 3 heteroatoms. The van der Waals surface area contributed by atoms with E-state index in [0.717, 1.165) is 17.7 Å². The fourth-order valence-corrected chi connectivity index (χ4v) is 1.49. The Morgan fingerprint density at radius 1 is 1.35 bits per heavy atom. The maximum Gasteiger partial charge on any atom is 0.223 e. The summed E-state index contributed by atoms with van der Waals surface area (Å²) in [5, 5.41) is 2.93. The van der Waals surface area contributed by atoms with Gasteiger partial charge in [0.2, 0.25) is 5.91 Å². The molecule has 0 aliphatic carbocycles. The van der Waals surface area contributed by atoms with Crippen molar-refractivity contribution < 1.29 is 9.53 Å². The van der Waals surface area contributed by atoms with Crippen LogP contribution in [-0.2, 0) is 11.3 Å². The molecule has 0 spiro atoms. The highest BCUT2D eigenvalue weighted by Crippen LogP contribution is 2.17. The van der Waals surface area contributed by atoms with Crippen LogP contribution in [0.15, 0.2) is 24.3 Å². The van der Waals surface area contributed by atoms with Crippen LogP contribution in [0.5, 0.6) is 5.75 Å². The quantitative estimate of drug-likeness (QED) is 0.823. The SMILES string of the molecule is CCOc1ccccc1CNC(=O)C(C)CC. The van der Waals surface area contributed by atoms with Crippen molar-refractivity contribution in [3.05, 3.63) is 29.8 Å². The Hall–Kier alpha value is -1.51. The number of hydrogen-bond acceptors (Lipinski definition) is 2. The molecule has 1 atom stereocenters. The van der Waals surface area contributed by atoms with E-state index in [1.54, 1.807) is 0 Å². The highest BCUT2D eigenvalue weighted by molar-refractivity contribution is 5.78. The van der Waals surface area contributed by atoms with Gasteiger partial charge in [0, 0.05) is 18.0 Å². The molecule has 1 amide bonds. The van der Waals surface area contributed by atoms with Gasteiger partial charge < -0.3 is 10.1 Å². The molecule has 94 valence electrons. The molecule has 0 bridgehead atoms. The van der Waals surface area contributed by atoms with E-state index in [4.69, 9.17) is 4.74 Å². The molecule has 0 aromatic heterocycles. The molecular weight excluding hydrogens is 214 g/mol. The molecule has 17 heavy (non-hydrogen) atoms. The minimum absolute atomic E-state index is 0.0641. The molecule has 1 unspecified atom stereocenters. The third-order valence-electron chi connectivity index (χ3n) is 2.79. The van der Waals surface area contributed by atoms with E-state index in [1.165, 1.54) is 0 Å². The molecule has 0 aliphatic rings. The monoisotopic (exact) mass is 235 g/mol. The van der Waals surface area contributed by atoms with E-state index < -0.39 is 0 Å². The van der Waals surface area contributed by atoms with Crippen molar-refractivity contribution in [1.29, 1.82) is 0 Å². The van der Waals surface area contributed by atoms with Crippen LogP contribution in [0.1, 0.15) is 32.8 Å². The van der Waals surface area contributed by atoms with Crippen LogP contribution in [-0.4, -0.2) is 12.5 Å². The van der Waals surface area contributed by atoms with Crippen molar-refractivity contribution in [3.8, 4) is 5.75 Å². The molecule has 1 aromatic rings. The summed E-state index contributed by atoms with van der Waals surface area (Å²) in [6.07, 6.45) is 0.860. The van der Waals surface area contributed by atoms with Crippen molar-refractivity contribution in [2.24, 2.45) is 5.92 Å². The van der Waals surface area contributed by atoms with Crippen LogP contribution >= 0.6 is 0 Å². The standard InChI is InChI=1S/C14H21NO2/c1-4-11(3)14(16)15-10-12-8-6-7-9-13(12)17-5-2/h6-9,11H,4-5,10H2,1-3H3,(H,15,16). The average Bonchev–Trinajstić information content (AvgIpc) is 2.36. The van der Waals surface area contributed by atoms with Crippen LogP contribution in [0, 0.1) is 5.92 Å². The van der Waals surface area contributed by atoms with Gasteiger partial charge in [0.05, 0.1) is 6.61 Å². The van der Waals surface area contributed by atoms with Crippen molar-refractivity contribution in [3.63, 3.8) is 0 Å². The summed E-state index contributed by atoms with van der Waals surface area (Å²) in [6, 6.07) is 7.79. The van der Waals surface area contributed by atoms with Crippen LogP contribution in [0.3, 0.4) is 0 Å². The minimum atomic E-state index is 0.0641. The van der Waals surface area contributed by atoms with Gasteiger partial charge in [-0.2, -0.15) is 0 Å². The molecule has 1 rings (SSSR count). The van der Waals surface area contributed by atoms with Gasteiger partial charge in [-0.05, 0) is 19.4 Å². The molecule has 1 N–H and O–H groups in total. The van der Waals surface area contributed by atoms with Gasteiger partial charge in [-0.3, -0.25) is 4.79 Å². The lowest BCUT2D eigenvalue weighted by Crippen LogP contribution is -2.28. The second-order valence-electron chi connectivity index (χ2n) is 4.07. The van der Waals surface area contributed by atoms with E-state index in [2.05, 4.69) is 5.32 Å². The predicted molar refractivity (Wildman–Crippen MR) is 68.9 cm³/mol. The summed E-state index contributed by atoms with van der Waals surface area (Å²) in [7, 11) is 0. The molecule has 0 heterocycles. The topological polar surface area (TPSA) is 38.3 Å². The average molecular weight is 235 g/mol. The fraction of sp³-hybridized carbons (Fsp3) is 0.500. The molecule has 3 nitrogen and oxygen atoms in total. The van der Waals surface area contributed by atoms with Crippen LogP contribution in [0.25, 0.3) is 0 Å². The van der Waals surface area contributed by atoms with E-state index in [1.807, 2.05) is 45.0 Å². The Kier molecular flexibility index (Phi) is 5.53. The number of nitrogens with one attached hydrogen (secondary N) is 1. The van der Waals surface area contributed by atoms with E-state index in [-0.39, 0.29) is 11.8 Å². The number of rotatable bonds is 6. The van der Waals surface area contributed by atoms with Crippen molar-refractivity contribution in [2.75, 3.05) is 6.61 Å². The Morgan fingerprint density at radius 2 is 2.06 bits per heavy atom. The number of carbonyl (C=O) groups is 1. The third kappa shape index (κ3) is 4.10. The Bertz CT molecular complexity index is 363. The number of benzene rings is 1. The lowest BCUT2D eigenvalue weighted by Gasteiger charge is -2.13. The van der Waals surface area contributed by atoms with Crippen LogP contribution < -0.4 is 10.1 Å². The summed E-state index contributed by atoms with van der Waals surface area (Å²) < 4.78 is 5.50. The molecular formula is C14H21NO2. The van der Waals surface area contributed by atoms with Gasteiger partial charge in [-0.15, -0.1) is 0 Å². The zero-order chi connectivity index (χ0) is 12.7. The Labute approximate surface area is 103 Å². The first kappa shape index (κ1) is 13.6. The Morgan fingerprint density at radius 3 is 2.71 bits per heavy atom. The molecule has 1 aromatic carbocycles. The summed E-state index contributed by atoms with van der Waals surface area (Å²) in [5.74, 6) is 1.01. The van der Waals surface area contributed by atoms with Crippen molar-refractivity contribution >= 4 is 5.91 Å². The highest BCUT2D eigenvalue weighted by atomic mass is 16.5. The summed E-state index contributed by atoms with van der Waals surface area (Å²) >= 11 is 0. The molecule has 0 aliphatic heterocycles. The molecule has 0 saturated heterocycles. The van der Waals surface area contributed by atoms with Gasteiger partial charge in [0.25, 0.3) is 0 Å². The maximum absolute atomic E-state index is 11.7. The second kappa shape index (κ2) is 6.94. The lowest BCUT2D eigenvalue weighted by atomic mass is 10.1. The number of ether oxygens (including phenoxy) is 1. The number of hydrogen-bond donors (Lipinski definition) is 1. The third-order valence-corrected chi connectivity index (χ3v) is 2.79. The largest absolute Gasteiger partial charge is 0.494 e. The minimum Gasteiger partial charge on any atom is -0.494 e. The molecule has 0 radical (unpaired) electrons.